The van der Waals surface area contributed by atoms with Crippen LogP contribution in [0.15, 0.2) is 36.0 Å². The quantitative estimate of drug-likeness (QED) is 0.182. The average Bonchev–Trinajstić information content (AvgIpc) is 3.51. The number of primary amides is 1. The summed E-state index contributed by atoms with van der Waals surface area (Å²) in [5.74, 6) is -5.94. The zero-order chi connectivity index (χ0) is 25.9. The Kier molecular flexibility index (Phi) is 6.18. The van der Waals surface area contributed by atoms with Crippen LogP contribution in [0.25, 0.3) is 0 Å². The maximum atomic E-state index is 12.7. The highest BCUT2D eigenvalue weighted by atomic mass is 16.8. The van der Waals surface area contributed by atoms with Crippen molar-refractivity contribution >= 4 is 23.4 Å². The van der Waals surface area contributed by atoms with Gasteiger partial charge in [-0.2, -0.15) is 0 Å². The molecule has 1 spiro atoms. The van der Waals surface area contributed by atoms with Gasteiger partial charge >= 0.3 is 0 Å². The molecule has 9 unspecified atom stereocenters. The van der Waals surface area contributed by atoms with E-state index in [1.165, 1.54) is 13.0 Å². The molecule has 0 aromatic heterocycles. The van der Waals surface area contributed by atoms with Gasteiger partial charge in [-0.15, -0.1) is 0 Å². The summed E-state index contributed by atoms with van der Waals surface area (Å²) < 4.78 is 18.5. The summed E-state index contributed by atoms with van der Waals surface area (Å²) >= 11 is 0. The maximum absolute atomic E-state index is 12.7. The Labute approximate surface area is 205 Å². The molecule has 2 bridgehead atoms. The molecule has 4 rings (SSSR count). The molecule has 0 aromatic rings. The molecule has 3 fully saturated rings. The minimum absolute atomic E-state index is 0.0524. The van der Waals surface area contributed by atoms with E-state index in [1.807, 2.05) is 32.9 Å². The largest absolute Gasteiger partial charge is 0.369 e. The number of hydrogen-bond donors (Lipinski definition) is 2. The molecule has 0 saturated carbocycles. The Balaban J connectivity index is 1.47. The van der Waals surface area contributed by atoms with Crippen molar-refractivity contribution in [1.29, 1.82) is 0 Å². The van der Waals surface area contributed by atoms with Crippen molar-refractivity contribution in [2.75, 3.05) is 6.61 Å². The highest BCUT2D eigenvalue weighted by Gasteiger charge is 2.68. The number of nitrogens with two attached hydrogens (primary N) is 1. The lowest BCUT2D eigenvalue weighted by Crippen LogP contribution is -2.66. The molecule has 2 amide bonds. The van der Waals surface area contributed by atoms with Gasteiger partial charge in [-0.1, -0.05) is 44.6 Å². The fourth-order valence-corrected chi connectivity index (χ4v) is 5.31. The van der Waals surface area contributed by atoms with Crippen LogP contribution in [0.2, 0.25) is 0 Å². The van der Waals surface area contributed by atoms with Crippen molar-refractivity contribution in [2.45, 2.75) is 70.7 Å². The van der Waals surface area contributed by atoms with Crippen LogP contribution in [0.3, 0.4) is 0 Å². The van der Waals surface area contributed by atoms with E-state index in [4.69, 9.17) is 19.9 Å². The molecule has 4 aliphatic rings. The Hall–Kier alpha value is -2.62. The van der Waals surface area contributed by atoms with Crippen LogP contribution in [0.4, 0.5) is 0 Å². The molecule has 3 N–H and O–H groups in total. The molecule has 3 saturated heterocycles. The number of rotatable bonds is 7. The van der Waals surface area contributed by atoms with Crippen molar-refractivity contribution in [2.24, 2.45) is 29.4 Å². The van der Waals surface area contributed by atoms with E-state index in [1.54, 1.807) is 6.08 Å². The predicted octanol–water partition coefficient (Wildman–Crippen LogP) is 1.36. The van der Waals surface area contributed by atoms with Gasteiger partial charge in [0, 0.05) is 11.8 Å². The minimum Gasteiger partial charge on any atom is -0.369 e. The maximum Gasteiger partial charge on any atom is 0.239 e. The van der Waals surface area contributed by atoms with Crippen molar-refractivity contribution in [1.82, 2.24) is 5.32 Å². The second kappa shape index (κ2) is 8.50. The monoisotopic (exact) mass is 486 g/mol. The molecular weight excluding hydrogens is 452 g/mol. The van der Waals surface area contributed by atoms with Gasteiger partial charge in [-0.3, -0.25) is 19.2 Å². The van der Waals surface area contributed by atoms with Crippen molar-refractivity contribution in [3.05, 3.63) is 36.0 Å². The molecule has 0 aliphatic carbocycles. The number of Topliss-reactive ketones (excluding diaryl/α,β-unsaturated/α-hetero) is 1. The van der Waals surface area contributed by atoms with E-state index in [0.717, 1.165) is 5.57 Å². The molecule has 190 valence electrons. The Morgan fingerprint density at radius 2 is 1.89 bits per heavy atom. The van der Waals surface area contributed by atoms with Gasteiger partial charge in [0.2, 0.25) is 17.6 Å². The molecule has 4 aliphatic heterocycles. The highest BCUT2D eigenvalue weighted by Crippen LogP contribution is 2.55. The number of hydrogen-bond acceptors (Lipinski definition) is 7. The molecule has 0 radical (unpaired) electrons. The van der Waals surface area contributed by atoms with Gasteiger partial charge < -0.3 is 25.3 Å². The van der Waals surface area contributed by atoms with E-state index < -0.39 is 58.2 Å². The van der Waals surface area contributed by atoms with E-state index >= 15 is 0 Å². The van der Waals surface area contributed by atoms with Gasteiger partial charge in [-0.05, 0) is 32.9 Å². The number of ketones is 2. The van der Waals surface area contributed by atoms with Gasteiger partial charge in [0.05, 0.1) is 24.2 Å². The number of ether oxygens (including phenoxy) is 3. The van der Waals surface area contributed by atoms with E-state index in [2.05, 4.69) is 25.2 Å². The summed E-state index contributed by atoms with van der Waals surface area (Å²) in [6.07, 6.45) is 8.82. The van der Waals surface area contributed by atoms with Gasteiger partial charge in [0.15, 0.2) is 23.1 Å². The average molecular weight is 487 g/mol. The Bertz CT molecular complexity index is 1060. The van der Waals surface area contributed by atoms with Crippen LogP contribution >= 0.6 is 0 Å². The van der Waals surface area contributed by atoms with Crippen LogP contribution in [0.5, 0.6) is 0 Å². The fourth-order valence-electron chi connectivity index (χ4n) is 5.31. The number of amides is 2. The van der Waals surface area contributed by atoms with Crippen LogP contribution in [0.1, 0.15) is 41.5 Å². The van der Waals surface area contributed by atoms with Crippen LogP contribution in [-0.2, 0) is 33.4 Å². The van der Waals surface area contributed by atoms with E-state index in [-0.39, 0.29) is 17.9 Å². The summed E-state index contributed by atoms with van der Waals surface area (Å²) in [5, 5.41) is 2.42. The Morgan fingerprint density at radius 1 is 1.23 bits per heavy atom. The minimum atomic E-state index is -1.47. The first-order valence-corrected chi connectivity index (χ1v) is 12.0. The summed E-state index contributed by atoms with van der Waals surface area (Å²) in [6, 6.07) is -1.08. The lowest BCUT2D eigenvalue weighted by atomic mass is 9.73. The molecule has 35 heavy (non-hydrogen) atoms. The van der Waals surface area contributed by atoms with Crippen molar-refractivity contribution in [3.63, 3.8) is 0 Å². The Morgan fingerprint density at radius 3 is 2.49 bits per heavy atom. The smallest absolute Gasteiger partial charge is 0.239 e. The van der Waals surface area contributed by atoms with E-state index in [9.17, 15) is 19.2 Å². The first-order chi connectivity index (χ1) is 16.2. The molecular formula is C26H34N2O7. The number of allylic oxidation sites excluding steroid dienone is 3. The molecule has 0 aromatic carbocycles. The first kappa shape index (κ1) is 25.5. The molecule has 4 heterocycles. The van der Waals surface area contributed by atoms with Gasteiger partial charge in [-0.25, -0.2) is 0 Å². The van der Waals surface area contributed by atoms with Crippen LogP contribution < -0.4 is 11.1 Å². The highest BCUT2D eigenvalue weighted by molar-refractivity contribution is 6.27. The number of epoxide rings is 1. The first-order valence-electron chi connectivity index (χ1n) is 12.0. The topological polar surface area (TPSA) is 137 Å². The summed E-state index contributed by atoms with van der Waals surface area (Å²) in [5.41, 5.74) is 4.92. The van der Waals surface area contributed by atoms with E-state index in [0.29, 0.717) is 6.61 Å². The number of nitrogens with one attached hydrogen (secondary N) is 1. The van der Waals surface area contributed by atoms with Gasteiger partial charge in [0.1, 0.15) is 6.04 Å². The normalized spacial score (nSPS) is 42.3. The number of carbonyl (C=O) groups is 4. The summed E-state index contributed by atoms with van der Waals surface area (Å²) in [6.45, 7) is 12.0. The molecule has 9 atom stereocenters. The number of fused-ring (bicyclic) bond motifs is 3. The zero-order valence-corrected chi connectivity index (χ0v) is 21.0. The third-order valence-corrected chi connectivity index (χ3v) is 8.26. The number of carbonyl (C=O) groups excluding carboxylic acids is 4. The zero-order valence-electron chi connectivity index (χ0n) is 21.0. The van der Waals surface area contributed by atoms with Crippen molar-refractivity contribution in [3.8, 4) is 0 Å². The standard InChI is InChI=1S/C26H34N2O7/c1-13(7-8-17(29)19-21(30)20(28-23(19)32)15(3)22(27)31)11-14(2)24(5)16(4)18-9-10-26(12-33-26)25(6,34-18)35-24/h7-11,14-16,18-20H,12H2,1-6H3,(H2,27,31)(H,28,32)/b8-7+,13-11?. The lowest BCUT2D eigenvalue weighted by Gasteiger charge is -2.56. The predicted molar refractivity (Wildman–Crippen MR) is 126 cm³/mol. The summed E-state index contributed by atoms with van der Waals surface area (Å²) in [4.78, 5) is 49.0. The van der Waals surface area contributed by atoms with Gasteiger partial charge in [0.25, 0.3) is 0 Å². The molecule has 9 heteroatoms. The SMILES string of the molecule is CC(=CC(C)C1(C)OC2(C)OC(C=CC23CO3)C1C)/C=C/C(=O)C1C(=O)NC(C(C)C(N)=O)C1=O. The van der Waals surface area contributed by atoms with Crippen molar-refractivity contribution < 1.29 is 33.4 Å². The third kappa shape index (κ3) is 4.09. The second-order valence-corrected chi connectivity index (χ2v) is 10.6. The second-order valence-electron chi connectivity index (χ2n) is 10.6. The fraction of sp³-hybridized carbons (Fsp3) is 0.615. The molecule has 9 nitrogen and oxygen atoms in total. The third-order valence-electron chi connectivity index (χ3n) is 8.26. The summed E-state index contributed by atoms with van der Waals surface area (Å²) in [7, 11) is 0. The van der Waals surface area contributed by atoms with Crippen LogP contribution in [-0.4, -0.2) is 59.1 Å². The lowest BCUT2D eigenvalue weighted by molar-refractivity contribution is -0.377. The van der Waals surface area contributed by atoms with Crippen LogP contribution in [0, 0.1) is 23.7 Å².